The van der Waals surface area contributed by atoms with Gasteiger partial charge in [-0.3, -0.25) is 4.79 Å². The predicted octanol–water partition coefficient (Wildman–Crippen LogP) is -1.31. The van der Waals surface area contributed by atoms with Gasteiger partial charge in [0.2, 0.25) is 5.91 Å². The van der Waals surface area contributed by atoms with E-state index in [1.54, 1.807) is 0 Å². The maximum absolute atomic E-state index is 9.44. The molecule has 1 amide bonds. The third-order valence-electron chi connectivity index (χ3n) is 0.321. The smallest absolute Gasteiger partial charge is 0.239 e. The Morgan fingerprint density at radius 2 is 2.00 bits per heavy atom. The molecule has 1 rings (SSSR count). The number of rotatable bonds is 0. The average Bonchev–Trinajstić information content (AvgIpc) is 2.30. The van der Waals surface area contributed by atoms with Crippen LogP contribution in [-0.2, 0) is 4.79 Å². The molecule has 0 bridgehead atoms. The van der Waals surface area contributed by atoms with Gasteiger partial charge in [-0.05, 0) is 7.05 Å². The zero-order chi connectivity index (χ0) is 4.99. The molecule has 0 aromatic rings. The normalized spacial score (nSPS) is 14.0. The molecule has 0 unspecified atom stereocenters. The summed E-state index contributed by atoms with van der Waals surface area (Å²) in [5.41, 5.74) is 4.50. The van der Waals surface area contributed by atoms with E-state index >= 15 is 0 Å². The van der Waals surface area contributed by atoms with Crippen LogP contribution in [0.2, 0.25) is 0 Å². The maximum Gasteiger partial charge on any atom is 0.239 e. The number of amides is 1. The van der Waals surface area contributed by atoms with Gasteiger partial charge in [-0.15, -0.1) is 0 Å². The second kappa shape index (κ2) is 2.66. The van der Waals surface area contributed by atoms with Crippen LogP contribution < -0.4 is 11.1 Å². The van der Waals surface area contributed by atoms with Crippen molar-refractivity contribution in [2.24, 2.45) is 5.73 Å². The van der Waals surface area contributed by atoms with Gasteiger partial charge in [0.1, 0.15) is 0 Å². The Hall–Kier alpha value is -0.570. The number of hydrogen-bond donors (Lipinski definition) is 2. The summed E-state index contributed by atoms with van der Waals surface area (Å²) in [6.07, 6.45) is 0. The molecule has 36 valence electrons. The third kappa shape index (κ3) is 3.43. The van der Waals surface area contributed by atoms with Crippen LogP contribution in [0.5, 0.6) is 0 Å². The standard InChI is InChI=1S/C2H3NO.CH5N/c4-2-1-3-2;1-2/h1H2,(H,3,4);2H2,1H3. The highest BCUT2D eigenvalue weighted by atomic mass is 16.2. The van der Waals surface area contributed by atoms with Gasteiger partial charge in [-0.2, -0.15) is 0 Å². The van der Waals surface area contributed by atoms with Crippen LogP contribution in [0.25, 0.3) is 0 Å². The number of hydrogen-bond acceptors (Lipinski definition) is 2. The Balaban J connectivity index is 0.000000112. The van der Waals surface area contributed by atoms with Crippen LogP contribution in [0, 0.1) is 0 Å². The quantitative estimate of drug-likeness (QED) is 0.361. The molecule has 1 aliphatic rings. The largest absolute Gasteiger partial charge is 0.346 e. The lowest BCUT2D eigenvalue weighted by Crippen LogP contribution is -1.69. The average molecular weight is 88.1 g/mol. The first-order valence-electron chi connectivity index (χ1n) is 1.74. The van der Waals surface area contributed by atoms with Gasteiger partial charge in [0.15, 0.2) is 0 Å². The van der Waals surface area contributed by atoms with Crippen LogP contribution in [-0.4, -0.2) is 19.5 Å². The molecule has 1 fully saturated rings. The van der Waals surface area contributed by atoms with Gasteiger partial charge in [0.25, 0.3) is 0 Å². The summed E-state index contributed by atoms with van der Waals surface area (Å²) < 4.78 is 0. The molecule has 3 N–H and O–H groups in total. The number of nitrogens with one attached hydrogen (secondary N) is 1. The van der Waals surface area contributed by atoms with E-state index in [-0.39, 0.29) is 5.91 Å². The highest BCUT2D eigenvalue weighted by molar-refractivity contribution is 5.91. The highest BCUT2D eigenvalue weighted by Gasteiger charge is 2.10. The van der Waals surface area contributed by atoms with Crippen molar-refractivity contribution in [1.29, 1.82) is 0 Å². The van der Waals surface area contributed by atoms with Crippen LogP contribution in [0.1, 0.15) is 0 Å². The van der Waals surface area contributed by atoms with Crippen molar-refractivity contribution in [2.75, 3.05) is 13.6 Å². The van der Waals surface area contributed by atoms with E-state index in [0.29, 0.717) is 6.54 Å². The summed E-state index contributed by atoms with van der Waals surface area (Å²) in [5.74, 6) is 0.167. The molecule has 1 aliphatic heterocycles. The second-order valence-electron chi connectivity index (χ2n) is 0.777. The molecule has 6 heavy (non-hydrogen) atoms. The Morgan fingerprint density at radius 1 is 1.83 bits per heavy atom. The summed E-state index contributed by atoms with van der Waals surface area (Å²) >= 11 is 0. The first kappa shape index (κ1) is 5.43. The van der Waals surface area contributed by atoms with Crippen LogP contribution in [0.3, 0.4) is 0 Å². The van der Waals surface area contributed by atoms with Crippen molar-refractivity contribution < 1.29 is 4.79 Å². The van der Waals surface area contributed by atoms with E-state index in [4.69, 9.17) is 0 Å². The van der Waals surface area contributed by atoms with Crippen molar-refractivity contribution in [3.05, 3.63) is 0 Å². The zero-order valence-corrected chi connectivity index (χ0v) is 3.69. The fourth-order valence-corrected chi connectivity index (χ4v) is 0.0361. The molecule has 0 aromatic heterocycles. The van der Waals surface area contributed by atoms with Crippen LogP contribution in [0.15, 0.2) is 0 Å². The van der Waals surface area contributed by atoms with Crippen molar-refractivity contribution in [3.63, 3.8) is 0 Å². The minimum Gasteiger partial charge on any atom is -0.346 e. The minimum atomic E-state index is 0.167. The molecule has 0 spiro atoms. The van der Waals surface area contributed by atoms with Crippen molar-refractivity contribution >= 4 is 5.91 Å². The molecule has 0 aliphatic carbocycles. The number of nitrogens with two attached hydrogens (primary N) is 1. The zero-order valence-electron chi connectivity index (χ0n) is 3.69. The SMILES string of the molecule is CN.O=C1CN1. The predicted molar refractivity (Wildman–Crippen MR) is 23.1 cm³/mol. The van der Waals surface area contributed by atoms with Gasteiger partial charge >= 0.3 is 0 Å². The van der Waals surface area contributed by atoms with Gasteiger partial charge < -0.3 is 11.1 Å². The lowest BCUT2D eigenvalue weighted by molar-refractivity contribution is -0.110. The van der Waals surface area contributed by atoms with Gasteiger partial charge in [-0.1, -0.05) is 0 Å². The summed E-state index contributed by atoms with van der Waals surface area (Å²) in [7, 11) is 1.50. The topological polar surface area (TPSA) is 65.0 Å². The summed E-state index contributed by atoms with van der Waals surface area (Å²) in [6.45, 7) is 0.597. The Morgan fingerprint density at radius 3 is 2.00 bits per heavy atom. The van der Waals surface area contributed by atoms with Gasteiger partial charge in [0.05, 0.1) is 6.54 Å². The highest BCUT2D eigenvalue weighted by Crippen LogP contribution is 1.72. The molecule has 1 saturated heterocycles. The summed E-state index contributed by atoms with van der Waals surface area (Å²) in [6, 6.07) is 0. The van der Waals surface area contributed by atoms with E-state index in [9.17, 15) is 4.79 Å². The van der Waals surface area contributed by atoms with Gasteiger partial charge in [0, 0.05) is 0 Å². The number of carbonyl (C=O) groups excluding carboxylic acids is 1. The van der Waals surface area contributed by atoms with Crippen LogP contribution in [0.4, 0.5) is 0 Å². The monoisotopic (exact) mass is 88.1 g/mol. The Kier molecular flexibility index (Phi) is 2.40. The third-order valence-corrected chi connectivity index (χ3v) is 0.321. The van der Waals surface area contributed by atoms with Crippen molar-refractivity contribution in [3.8, 4) is 0 Å². The fraction of sp³-hybridized carbons (Fsp3) is 0.667. The molecule has 0 atom stereocenters. The maximum atomic E-state index is 9.44. The number of carbonyl (C=O) groups is 1. The van der Waals surface area contributed by atoms with E-state index in [0.717, 1.165) is 0 Å². The van der Waals surface area contributed by atoms with E-state index in [2.05, 4.69) is 11.1 Å². The minimum absolute atomic E-state index is 0.167. The Labute approximate surface area is 36.5 Å². The molecule has 1 heterocycles. The molecule has 0 aromatic carbocycles. The molecule has 0 radical (unpaired) electrons. The lowest BCUT2D eigenvalue weighted by atomic mass is 11.0. The first-order chi connectivity index (χ1) is 2.89. The molecule has 0 saturated carbocycles. The molecular weight excluding hydrogens is 80.0 g/mol. The van der Waals surface area contributed by atoms with E-state index < -0.39 is 0 Å². The fourth-order valence-electron chi connectivity index (χ4n) is 0.0361. The van der Waals surface area contributed by atoms with Gasteiger partial charge in [-0.25, -0.2) is 0 Å². The molecule has 3 nitrogen and oxygen atoms in total. The first-order valence-corrected chi connectivity index (χ1v) is 1.74. The van der Waals surface area contributed by atoms with E-state index in [1.807, 2.05) is 0 Å². The summed E-state index contributed by atoms with van der Waals surface area (Å²) in [4.78, 5) is 9.44. The molecular formula is C3H8N2O. The van der Waals surface area contributed by atoms with Crippen molar-refractivity contribution in [2.45, 2.75) is 0 Å². The second-order valence-corrected chi connectivity index (χ2v) is 0.777. The lowest BCUT2D eigenvalue weighted by Gasteiger charge is -1.30. The van der Waals surface area contributed by atoms with Crippen molar-refractivity contribution in [1.82, 2.24) is 5.32 Å². The Bertz CT molecular complexity index is 46.8. The summed E-state index contributed by atoms with van der Waals surface area (Å²) in [5, 5.41) is 2.46. The van der Waals surface area contributed by atoms with E-state index in [1.165, 1.54) is 7.05 Å². The molecule has 3 heteroatoms. The van der Waals surface area contributed by atoms with Crippen LogP contribution >= 0.6 is 0 Å².